The number of hydrogen-bond donors (Lipinski definition) is 0. The Morgan fingerprint density at radius 3 is 2.47 bits per heavy atom. The van der Waals surface area contributed by atoms with Gasteiger partial charge in [0.2, 0.25) is 0 Å². The van der Waals surface area contributed by atoms with Gasteiger partial charge in [0.15, 0.2) is 17.3 Å². The van der Waals surface area contributed by atoms with Gasteiger partial charge in [-0.15, -0.1) is 0 Å². The van der Waals surface area contributed by atoms with E-state index in [1.807, 2.05) is 6.07 Å². The van der Waals surface area contributed by atoms with Crippen LogP contribution in [0.1, 0.15) is 24.8 Å². The van der Waals surface area contributed by atoms with Gasteiger partial charge in [-0.3, -0.25) is 14.4 Å². The molecule has 0 unspecified atom stereocenters. The van der Waals surface area contributed by atoms with Gasteiger partial charge in [-0.05, 0) is 12.5 Å². The number of ether oxygens (including phenoxy) is 1. The monoisotopic (exact) mass is 260 g/mol. The predicted octanol–water partition coefficient (Wildman–Crippen LogP) is 1.75. The van der Waals surface area contributed by atoms with E-state index in [0.717, 1.165) is 0 Å². The van der Waals surface area contributed by atoms with E-state index in [1.165, 1.54) is 7.11 Å². The fraction of sp³-hybridized carbons (Fsp3) is 0.400. The topological polar surface area (TPSA) is 60.4 Å². The zero-order chi connectivity index (χ0) is 13.8. The second-order valence-corrected chi connectivity index (χ2v) is 4.67. The van der Waals surface area contributed by atoms with Crippen LogP contribution in [0.25, 0.3) is 0 Å². The van der Waals surface area contributed by atoms with Crippen molar-refractivity contribution in [1.29, 1.82) is 0 Å². The highest BCUT2D eigenvalue weighted by atomic mass is 16.5. The van der Waals surface area contributed by atoms with Crippen molar-refractivity contribution in [2.45, 2.75) is 25.7 Å². The Labute approximate surface area is 111 Å². The Morgan fingerprint density at radius 1 is 1.21 bits per heavy atom. The molecule has 0 spiro atoms. The van der Waals surface area contributed by atoms with Gasteiger partial charge in [-0.1, -0.05) is 18.2 Å². The number of rotatable bonds is 4. The minimum atomic E-state index is -1.06. The summed E-state index contributed by atoms with van der Waals surface area (Å²) in [5.74, 6) is -1.25. The van der Waals surface area contributed by atoms with Crippen LogP contribution in [0, 0.1) is 5.92 Å². The molecule has 1 aromatic carbocycles. The van der Waals surface area contributed by atoms with Crippen molar-refractivity contribution < 1.29 is 19.1 Å². The fourth-order valence-electron chi connectivity index (χ4n) is 2.40. The molecule has 100 valence electrons. The molecule has 0 aromatic heterocycles. The number of ketones is 3. The molecule has 1 saturated carbocycles. The van der Waals surface area contributed by atoms with Crippen LogP contribution >= 0.6 is 0 Å². The third-order valence-corrected chi connectivity index (χ3v) is 3.37. The minimum Gasteiger partial charge on any atom is -0.496 e. The third kappa shape index (κ3) is 2.89. The molecule has 1 aromatic rings. The van der Waals surface area contributed by atoms with Crippen molar-refractivity contribution >= 4 is 17.3 Å². The first-order chi connectivity index (χ1) is 9.13. The summed E-state index contributed by atoms with van der Waals surface area (Å²) < 4.78 is 5.17. The zero-order valence-corrected chi connectivity index (χ0v) is 10.8. The average molecular weight is 260 g/mol. The molecule has 0 N–H and O–H groups in total. The molecule has 4 heteroatoms. The lowest BCUT2D eigenvalue weighted by atomic mass is 9.82. The fourth-order valence-corrected chi connectivity index (χ4v) is 2.40. The third-order valence-electron chi connectivity index (χ3n) is 3.37. The summed E-state index contributed by atoms with van der Waals surface area (Å²) in [6.07, 6.45) is 1.28. The molecule has 0 heterocycles. The molecule has 0 bridgehead atoms. The summed E-state index contributed by atoms with van der Waals surface area (Å²) in [5, 5.41) is 0. The summed E-state index contributed by atoms with van der Waals surface area (Å²) in [7, 11) is 1.53. The van der Waals surface area contributed by atoms with Gasteiger partial charge in [0, 0.05) is 24.8 Å². The van der Waals surface area contributed by atoms with Gasteiger partial charge in [0.1, 0.15) is 11.7 Å². The molecule has 4 nitrogen and oxygen atoms in total. The van der Waals surface area contributed by atoms with Gasteiger partial charge in [0.05, 0.1) is 7.11 Å². The number of carbonyl (C=O) groups excluding carboxylic acids is 3. The van der Waals surface area contributed by atoms with E-state index in [-0.39, 0.29) is 23.8 Å². The Morgan fingerprint density at radius 2 is 1.84 bits per heavy atom. The Balaban J connectivity index is 2.16. The second-order valence-electron chi connectivity index (χ2n) is 4.67. The number of Topliss-reactive ketones (excluding diaryl/α,β-unsaturated/α-hetero) is 3. The lowest BCUT2D eigenvalue weighted by Crippen LogP contribution is -2.36. The molecule has 1 aliphatic rings. The van der Waals surface area contributed by atoms with Crippen LogP contribution in [0.5, 0.6) is 5.75 Å². The maximum atomic E-state index is 12.2. The predicted molar refractivity (Wildman–Crippen MR) is 69.1 cm³/mol. The van der Waals surface area contributed by atoms with Crippen molar-refractivity contribution in [1.82, 2.24) is 0 Å². The lowest BCUT2D eigenvalue weighted by Gasteiger charge is -2.18. The molecular weight excluding hydrogens is 244 g/mol. The van der Waals surface area contributed by atoms with Crippen LogP contribution in [-0.2, 0) is 20.8 Å². The van der Waals surface area contributed by atoms with Crippen molar-refractivity contribution in [3.63, 3.8) is 0 Å². The van der Waals surface area contributed by atoms with Crippen LogP contribution in [0.4, 0.5) is 0 Å². The summed E-state index contributed by atoms with van der Waals surface area (Å²) in [4.78, 5) is 35.6. The van der Waals surface area contributed by atoms with Gasteiger partial charge >= 0.3 is 0 Å². The maximum absolute atomic E-state index is 12.2. The molecular formula is C15H16O4. The molecule has 0 amide bonds. The normalized spacial score (nSPS) is 16.5. The van der Waals surface area contributed by atoms with Gasteiger partial charge < -0.3 is 4.74 Å². The summed E-state index contributed by atoms with van der Waals surface area (Å²) in [6.45, 7) is 0. The second kappa shape index (κ2) is 5.78. The Kier molecular flexibility index (Phi) is 4.10. The first-order valence-corrected chi connectivity index (χ1v) is 6.33. The molecule has 2 rings (SSSR count). The summed E-state index contributed by atoms with van der Waals surface area (Å²) >= 11 is 0. The zero-order valence-electron chi connectivity index (χ0n) is 10.8. The van der Waals surface area contributed by atoms with Gasteiger partial charge in [-0.2, -0.15) is 0 Å². The molecule has 0 saturated heterocycles. The Bertz CT molecular complexity index is 503. The van der Waals surface area contributed by atoms with Gasteiger partial charge in [0.25, 0.3) is 0 Å². The molecule has 1 aliphatic carbocycles. The van der Waals surface area contributed by atoms with E-state index >= 15 is 0 Å². The summed E-state index contributed by atoms with van der Waals surface area (Å²) in [6, 6.07) is 7.14. The van der Waals surface area contributed by atoms with Crippen molar-refractivity contribution in [2.24, 2.45) is 5.92 Å². The minimum absolute atomic E-state index is 0.0617. The van der Waals surface area contributed by atoms with Crippen molar-refractivity contribution in [2.75, 3.05) is 7.11 Å². The molecule has 0 radical (unpaired) electrons. The number of methoxy groups -OCH3 is 1. The molecule has 0 atom stereocenters. The van der Waals surface area contributed by atoms with Gasteiger partial charge in [-0.25, -0.2) is 0 Å². The number of carbonyl (C=O) groups is 3. The van der Waals surface area contributed by atoms with Crippen molar-refractivity contribution in [3.05, 3.63) is 29.8 Å². The van der Waals surface area contributed by atoms with E-state index in [1.54, 1.807) is 18.2 Å². The highest BCUT2D eigenvalue weighted by Crippen LogP contribution is 2.23. The largest absolute Gasteiger partial charge is 0.496 e. The first kappa shape index (κ1) is 13.5. The van der Waals surface area contributed by atoms with Crippen LogP contribution in [-0.4, -0.2) is 24.5 Å². The van der Waals surface area contributed by atoms with E-state index in [4.69, 9.17) is 4.74 Å². The molecule has 19 heavy (non-hydrogen) atoms. The smallest absolute Gasteiger partial charge is 0.155 e. The number of hydrogen-bond acceptors (Lipinski definition) is 4. The summed E-state index contributed by atoms with van der Waals surface area (Å²) in [5.41, 5.74) is 0.709. The average Bonchev–Trinajstić information content (AvgIpc) is 2.39. The van der Waals surface area contributed by atoms with Crippen molar-refractivity contribution in [3.8, 4) is 5.75 Å². The first-order valence-electron chi connectivity index (χ1n) is 6.33. The SMILES string of the molecule is COc1ccccc1CC(=O)C1C(=O)CCCC1=O. The maximum Gasteiger partial charge on any atom is 0.155 e. The van der Waals surface area contributed by atoms with E-state index in [2.05, 4.69) is 0 Å². The van der Waals surface area contributed by atoms with Crippen LogP contribution in [0.15, 0.2) is 24.3 Å². The number of para-hydroxylation sites is 1. The standard InChI is InChI=1S/C15H16O4/c1-19-14-8-3-2-5-10(14)9-13(18)15-11(16)6-4-7-12(15)17/h2-3,5,8,15H,4,6-7,9H2,1H3. The van der Waals surface area contributed by atoms with Crippen LogP contribution in [0.2, 0.25) is 0 Å². The quantitative estimate of drug-likeness (QED) is 0.774. The molecule has 1 fully saturated rings. The van der Waals surface area contributed by atoms with E-state index < -0.39 is 5.92 Å². The molecule has 0 aliphatic heterocycles. The Hall–Kier alpha value is -1.97. The lowest BCUT2D eigenvalue weighted by molar-refractivity contribution is -0.141. The van der Waals surface area contributed by atoms with E-state index in [9.17, 15) is 14.4 Å². The highest BCUT2D eigenvalue weighted by molar-refractivity contribution is 6.20. The van der Waals surface area contributed by atoms with Crippen LogP contribution in [0.3, 0.4) is 0 Å². The number of benzene rings is 1. The van der Waals surface area contributed by atoms with Crippen LogP contribution < -0.4 is 4.74 Å². The highest BCUT2D eigenvalue weighted by Gasteiger charge is 2.35. The van der Waals surface area contributed by atoms with E-state index in [0.29, 0.717) is 30.6 Å².